The van der Waals surface area contributed by atoms with Gasteiger partial charge in [0.05, 0.1) is 12.7 Å². The Morgan fingerprint density at radius 1 is 2.00 bits per heavy atom. The SMILES string of the molecule is CC(N)(C#N)CO. The molecule has 0 bridgehead atoms. The Hall–Kier alpha value is -0.590. The molecule has 0 amide bonds. The molecule has 0 aliphatic heterocycles. The van der Waals surface area contributed by atoms with Gasteiger partial charge < -0.3 is 10.8 Å². The highest BCUT2D eigenvalue weighted by molar-refractivity contribution is 5.00. The standard InChI is InChI=1S/C4H8N2O/c1-4(6,2-5)3-7/h7H,3,6H2,1H3. The van der Waals surface area contributed by atoms with Crippen LogP contribution in [0.5, 0.6) is 0 Å². The summed E-state index contributed by atoms with van der Waals surface area (Å²) in [6, 6.07) is 1.72. The topological polar surface area (TPSA) is 70.0 Å². The lowest BCUT2D eigenvalue weighted by Gasteiger charge is -2.08. The predicted octanol–water partition coefficient (Wildman–Crippen LogP) is -0.780. The quantitative estimate of drug-likeness (QED) is 0.454. The van der Waals surface area contributed by atoms with Crippen molar-refractivity contribution in [3.8, 4) is 6.07 Å². The molecule has 1 unspecified atom stereocenters. The molecule has 0 heterocycles. The van der Waals surface area contributed by atoms with Crippen LogP contribution >= 0.6 is 0 Å². The highest BCUT2D eigenvalue weighted by Gasteiger charge is 2.13. The molecule has 0 rings (SSSR count). The zero-order valence-corrected chi connectivity index (χ0v) is 4.18. The maximum atomic E-state index is 8.25. The molecule has 7 heavy (non-hydrogen) atoms. The van der Waals surface area contributed by atoms with Gasteiger partial charge in [0.1, 0.15) is 5.54 Å². The fourth-order valence-corrected chi connectivity index (χ4v) is 0.0354. The number of nitrogens with zero attached hydrogens (tertiary/aromatic N) is 1. The molecular formula is C4H8N2O. The van der Waals surface area contributed by atoms with E-state index >= 15 is 0 Å². The molecule has 0 fully saturated rings. The van der Waals surface area contributed by atoms with Crippen LogP contribution in [0.25, 0.3) is 0 Å². The van der Waals surface area contributed by atoms with Crippen molar-refractivity contribution in [2.24, 2.45) is 5.73 Å². The molecule has 0 aliphatic rings. The van der Waals surface area contributed by atoms with E-state index in [1.807, 2.05) is 0 Å². The van der Waals surface area contributed by atoms with Crippen molar-refractivity contribution in [3.05, 3.63) is 0 Å². The van der Waals surface area contributed by atoms with Gasteiger partial charge in [0.2, 0.25) is 0 Å². The molecule has 0 radical (unpaired) electrons. The Kier molecular flexibility index (Phi) is 1.75. The van der Waals surface area contributed by atoms with Gasteiger partial charge in [-0.15, -0.1) is 0 Å². The summed E-state index contributed by atoms with van der Waals surface area (Å²) in [6.07, 6.45) is 0. The van der Waals surface area contributed by atoms with Crippen LogP contribution in [0.3, 0.4) is 0 Å². The van der Waals surface area contributed by atoms with E-state index in [4.69, 9.17) is 16.1 Å². The Labute approximate surface area is 42.4 Å². The highest BCUT2D eigenvalue weighted by Crippen LogP contribution is 1.90. The molecule has 40 valence electrons. The normalized spacial score (nSPS) is 17.4. The zero-order chi connectivity index (χ0) is 5.91. The minimum Gasteiger partial charge on any atom is -0.393 e. The summed E-state index contributed by atoms with van der Waals surface area (Å²) in [7, 11) is 0. The maximum Gasteiger partial charge on any atom is 0.124 e. The van der Waals surface area contributed by atoms with Crippen LogP contribution in [0.15, 0.2) is 0 Å². The fraction of sp³-hybridized carbons (Fsp3) is 0.750. The molecule has 0 aliphatic carbocycles. The second kappa shape index (κ2) is 1.92. The second-order valence-electron chi connectivity index (χ2n) is 1.69. The second-order valence-corrected chi connectivity index (χ2v) is 1.69. The van der Waals surface area contributed by atoms with E-state index < -0.39 is 5.54 Å². The third-order valence-corrected chi connectivity index (χ3v) is 0.584. The molecule has 0 saturated heterocycles. The van der Waals surface area contributed by atoms with Gasteiger partial charge in [-0.2, -0.15) is 5.26 Å². The van der Waals surface area contributed by atoms with E-state index in [9.17, 15) is 0 Å². The third kappa shape index (κ3) is 2.15. The smallest absolute Gasteiger partial charge is 0.124 e. The van der Waals surface area contributed by atoms with E-state index in [1.165, 1.54) is 6.92 Å². The zero-order valence-electron chi connectivity index (χ0n) is 4.18. The van der Waals surface area contributed by atoms with Crippen LogP contribution in [0.2, 0.25) is 0 Å². The van der Waals surface area contributed by atoms with Gasteiger partial charge >= 0.3 is 0 Å². The van der Waals surface area contributed by atoms with Gasteiger partial charge in [-0.1, -0.05) is 0 Å². The van der Waals surface area contributed by atoms with Crippen LogP contribution in [0, 0.1) is 11.3 Å². The van der Waals surface area contributed by atoms with Gasteiger partial charge in [0.25, 0.3) is 0 Å². The lowest BCUT2D eigenvalue weighted by molar-refractivity contribution is 0.242. The first-order valence-electron chi connectivity index (χ1n) is 1.93. The molecule has 3 N–H and O–H groups in total. The Morgan fingerprint density at radius 3 is 2.43 bits per heavy atom. The van der Waals surface area contributed by atoms with Crippen LogP contribution in [0.4, 0.5) is 0 Å². The summed E-state index contributed by atoms with van der Waals surface area (Å²) in [5.41, 5.74) is 4.05. The number of rotatable bonds is 1. The van der Waals surface area contributed by atoms with Crippen molar-refractivity contribution in [2.45, 2.75) is 12.5 Å². The number of aliphatic hydroxyl groups excluding tert-OH is 1. The summed E-state index contributed by atoms with van der Waals surface area (Å²) < 4.78 is 0. The summed E-state index contributed by atoms with van der Waals surface area (Å²) in [4.78, 5) is 0. The van der Waals surface area contributed by atoms with Crippen molar-refractivity contribution in [1.29, 1.82) is 5.26 Å². The fourth-order valence-electron chi connectivity index (χ4n) is 0.0354. The predicted molar refractivity (Wildman–Crippen MR) is 25.3 cm³/mol. The molecule has 1 atom stereocenters. The first-order valence-corrected chi connectivity index (χ1v) is 1.93. The van der Waals surface area contributed by atoms with E-state index in [1.54, 1.807) is 6.07 Å². The van der Waals surface area contributed by atoms with Crippen molar-refractivity contribution >= 4 is 0 Å². The number of hydrogen-bond donors (Lipinski definition) is 2. The molecule has 0 spiro atoms. The Bertz CT molecular complexity index is 92.4. The van der Waals surface area contributed by atoms with Crippen LogP contribution in [-0.4, -0.2) is 17.3 Å². The van der Waals surface area contributed by atoms with Gasteiger partial charge in [-0.25, -0.2) is 0 Å². The lowest BCUT2D eigenvalue weighted by Crippen LogP contribution is -2.37. The summed E-state index contributed by atoms with van der Waals surface area (Å²) in [5, 5.41) is 16.3. The summed E-state index contributed by atoms with van der Waals surface area (Å²) in [6.45, 7) is 1.18. The Morgan fingerprint density at radius 2 is 2.43 bits per heavy atom. The molecule has 0 aromatic heterocycles. The third-order valence-electron chi connectivity index (χ3n) is 0.584. The molecule has 3 nitrogen and oxygen atoms in total. The van der Waals surface area contributed by atoms with E-state index in [0.29, 0.717) is 0 Å². The molecule has 0 aromatic carbocycles. The Balaban J connectivity index is 3.66. The minimum absolute atomic E-state index is 0.288. The van der Waals surface area contributed by atoms with Gasteiger partial charge in [-0.3, -0.25) is 0 Å². The monoisotopic (exact) mass is 100 g/mol. The van der Waals surface area contributed by atoms with Crippen molar-refractivity contribution in [1.82, 2.24) is 0 Å². The van der Waals surface area contributed by atoms with Crippen LogP contribution in [-0.2, 0) is 0 Å². The maximum absolute atomic E-state index is 8.25. The first-order chi connectivity index (χ1) is 3.12. The largest absolute Gasteiger partial charge is 0.393 e. The van der Waals surface area contributed by atoms with Crippen molar-refractivity contribution < 1.29 is 5.11 Å². The highest BCUT2D eigenvalue weighted by atomic mass is 16.3. The molecule has 3 heteroatoms. The number of nitrogens with two attached hydrogens (primary N) is 1. The average molecular weight is 100 g/mol. The van der Waals surface area contributed by atoms with Crippen molar-refractivity contribution in [2.75, 3.05) is 6.61 Å². The molecule has 0 aromatic rings. The van der Waals surface area contributed by atoms with E-state index in [0.717, 1.165) is 0 Å². The van der Waals surface area contributed by atoms with Crippen molar-refractivity contribution in [3.63, 3.8) is 0 Å². The number of nitriles is 1. The summed E-state index contributed by atoms with van der Waals surface area (Å²) in [5.74, 6) is 0. The van der Waals surface area contributed by atoms with Gasteiger partial charge in [0.15, 0.2) is 0 Å². The van der Waals surface area contributed by atoms with Crippen LogP contribution < -0.4 is 5.73 Å². The average Bonchev–Trinajstić information content (AvgIpc) is 1.68. The first kappa shape index (κ1) is 6.41. The van der Waals surface area contributed by atoms with Gasteiger partial charge in [-0.05, 0) is 6.92 Å². The number of aliphatic hydroxyl groups is 1. The van der Waals surface area contributed by atoms with E-state index in [-0.39, 0.29) is 6.61 Å². The van der Waals surface area contributed by atoms with Crippen LogP contribution in [0.1, 0.15) is 6.92 Å². The van der Waals surface area contributed by atoms with E-state index in [2.05, 4.69) is 0 Å². The summed E-state index contributed by atoms with van der Waals surface area (Å²) >= 11 is 0. The minimum atomic E-state index is -1.06. The number of hydrogen-bond acceptors (Lipinski definition) is 3. The van der Waals surface area contributed by atoms with Gasteiger partial charge in [0, 0.05) is 0 Å². The molecule has 0 saturated carbocycles. The lowest BCUT2D eigenvalue weighted by atomic mass is 10.1. The molecular weight excluding hydrogens is 92.1 g/mol.